The van der Waals surface area contributed by atoms with Gasteiger partial charge >= 0.3 is 5.97 Å². The van der Waals surface area contributed by atoms with Crippen LogP contribution in [0.5, 0.6) is 0 Å². The third kappa shape index (κ3) is 3.28. The predicted molar refractivity (Wildman–Crippen MR) is 111 cm³/mol. The van der Waals surface area contributed by atoms with E-state index in [0.29, 0.717) is 0 Å². The quantitative estimate of drug-likeness (QED) is 0.723. The molecule has 2 aliphatic heterocycles. The normalized spacial score (nSPS) is 27.4. The maximum absolute atomic E-state index is 13.8. The van der Waals surface area contributed by atoms with Gasteiger partial charge in [-0.3, -0.25) is 14.5 Å². The Balaban J connectivity index is 1.80. The van der Waals surface area contributed by atoms with Crippen molar-refractivity contribution in [3.05, 3.63) is 65.5 Å². The van der Waals surface area contributed by atoms with E-state index in [1.807, 2.05) is 30.3 Å². The van der Waals surface area contributed by atoms with E-state index >= 15 is 0 Å². The van der Waals surface area contributed by atoms with E-state index in [1.165, 1.54) is 0 Å². The number of hydrogen-bond acceptors (Lipinski definition) is 4. The smallest absolute Gasteiger partial charge is 0.326 e. The lowest BCUT2D eigenvalue weighted by Crippen LogP contribution is -2.44. The molecule has 1 spiro atoms. The standard InChI is InChI=1S/C24H27NO4/c1-3-28-22(26)15-25-20-13-9-8-11-18(20)24(23(25)27)16-29-21-14-17(2)10-6-4-5-7-12-19(21)24/h8-9,11-14H,2-7,10,15-16H2,1H3/b19-12+,21-14+. The number of rotatable bonds is 3. The molecule has 1 aliphatic carbocycles. The minimum Gasteiger partial charge on any atom is -0.491 e. The van der Waals surface area contributed by atoms with E-state index in [2.05, 4.69) is 12.7 Å². The molecule has 1 amide bonds. The summed E-state index contributed by atoms with van der Waals surface area (Å²) >= 11 is 0. The Morgan fingerprint density at radius 1 is 1.28 bits per heavy atom. The van der Waals surface area contributed by atoms with E-state index in [1.54, 1.807) is 11.8 Å². The molecule has 5 heteroatoms. The molecular weight excluding hydrogens is 366 g/mol. The van der Waals surface area contributed by atoms with Crippen molar-refractivity contribution in [3.63, 3.8) is 0 Å². The molecule has 1 fully saturated rings. The lowest BCUT2D eigenvalue weighted by molar-refractivity contribution is -0.142. The molecule has 0 N–H and O–H groups in total. The van der Waals surface area contributed by atoms with Crippen molar-refractivity contribution in [2.24, 2.45) is 0 Å². The highest BCUT2D eigenvalue weighted by Gasteiger charge is 2.58. The van der Waals surface area contributed by atoms with Gasteiger partial charge in [-0.2, -0.15) is 0 Å². The highest BCUT2D eigenvalue weighted by Crippen LogP contribution is 2.52. The van der Waals surface area contributed by atoms with Gasteiger partial charge in [0, 0.05) is 11.3 Å². The zero-order valence-electron chi connectivity index (χ0n) is 16.9. The van der Waals surface area contributed by atoms with E-state index in [9.17, 15) is 9.59 Å². The second-order valence-electron chi connectivity index (χ2n) is 7.79. The minimum absolute atomic E-state index is 0.0928. The molecule has 5 nitrogen and oxygen atoms in total. The van der Waals surface area contributed by atoms with Gasteiger partial charge in [0.1, 0.15) is 24.3 Å². The number of nitrogens with zero attached hydrogens (tertiary/aromatic N) is 1. The molecule has 4 rings (SSSR count). The van der Waals surface area contributed by atoms with Crippen LogP contribution in [-0.2, 0) is 24.5 Å². The first-order chi connectivity index (χ1) is 14.1. The van der Waals surface area contributed by atoms with Gasteiger partial charge in [0.25, 0.3) is 0 Å². The number of fused-ring (bicyclic) bond motifs is 4. The number of ether oxygens (including phenoxy) is 2. The Bertz CT molecular complexity index is 913. The number of amides is 1. The monoisotopic (exact) mass is 393 g/mol. The molecule has 3 aliphatic rings. The van der Waals surface area contributed by atoms with Crippen molar-refractivity contribution in [1.82, 2.24) is 0 Å². The van der Waals surface area contributed by atoms with Crippen molar-refractivity contribution in [1.29, 1.82) is 0 Å². The van der Waals surface area contributed by atoms with Crippen molar-refractivity contribution in [2.45, 2.75) is 44.4 Å². The Hall–Kier alpha value is -2.82. The fraction of sp³-hybridized carbons (Fsp3) is 0.417. The zero-order chi connectivity index (χ0) is 20.4. The molecule has 1 atom stereocenters. The fourth-order valence-corrected chi connectivity index (χ4v) is 4.54. The summed E-state index contributed by atoms with van der Waals surface area (Å²) in [5.74, 6) is 0.206. The number of hydrogen-bond donors (Lipinski definition) is 0. The molecule has 1 aromatic rings. The Kier molecular flexibility index (Phi) is 5.31. The zero-order valence-corrected chi connectivity index (χ0v) is 16.9. The molecule has 29 heavy (non-hydrogen) atoms. The van der Waals surface area contributed by atoms with Gasteiger partial charge < -0.3 is 9.47 Å². The second-order valence-corrected chi connectivity index (χ2v) is 7.79. The van der Waals surface area contributed by atoms with Crippen LogP contribution in [0.4, 0.5) is 5.69 Å². The van der Waals surface area contributed by atoms with Crippen LogP contribution in [0.25, 0.3) is 0 Å². The van der Waals surface area contributed by atoms with E-state index in [0.717, 1.165) is 60.3 Å². The van der Waals surface area contributed by atoms with Crippen LogP contribution in [0, 0.1) is 0 Å². The molecule has 1 aromatic carbocycles. The highest BCUT2D eigenvalue weighted by molar-refractivity contribution is 6.13. The lowest BCUT2D eigenvalue weighted by Gasteiger charge is -2.23. The number of carbonyl (C=O) groups is 2. The average Bonchev–Trinajstić information content (AvgIpc) is 3.18. The van der Waals surface area contributed by atoms with Crippen LogP contribution in [0.3, 0.4) is 0 Å². The molecule has 0 aromatic heterocycles. The number of carbonyl (C=O) groups excluding carboxylic acids is 2. The first-order valence-corrected chi connectivity index (χ1v) is 10.4. The maximum atomic E-state index is 13.8. The average molecular weight is 393 g/mol. The molecule has 152 valence electrons. The summed E-state index contributed by atoms with van der Waals surface area (Å²) in [5.41, 5.74) is 2.67. The molecule has 0 bridgehead atoms. The highest BCUT2D eigenvalue weighted by atomic mass is 16.5. The van der Waals surface area contributed by atoms with Crippen LogP contribution in [0.15, 0.2) is 59.9 Å². The van der Waals surface area contributed by atoms with Crippen LogP contribution < -0.4 is 4.90 Å². The lowest BCUT2D eigenvalue weighted by atomic mass is 9.75. The number of esters is 1. The van der Waals surface area contributed by atoms with E-state index < -0.39 is 11.4 Å². The second kappa shape index (κ2) is 7.90. The van der Waals surface area contributed by atoms with Crippen molar-refractivity contribution < 1.29 is 19.1 Å². The van der Waals surface area contributed by atoms with Crippen molar-refractivity contribution in [2.75, 3.05) is 24.7 Å². The predicted octanol–water partition coefficient (Wildman–Crippen LogP) is 4.19. The fourth-order valence-electron chi connectivity index (χ4n) is 4.54. The SMILES string of the molecule is C=C1/C=C2/OCC3(C(=O)N(CC(=O)OCC)c4ccccc43)/C2=C/CCCCC1. The number of para-hydroxylation sites is 1. The Morgan fingerprint density at radius 3 is 2.93 bits per heavy atom. The largest absolute Gasteiger partial charge is 0.491 e. The first-order valence-electron chi connectivity index (χ1n) is 10.4. The summed E-state index contributed by atoms with van der Waals surface area (Å²) in [4.78, 5) is 27.5. The third-order valence-electron chi connectivity index (χ3n) is 5.91. The van der Waals surface area contributed by atoms with Gasteiger partial charge in [-0.1, -0.05) is 42.8 Å². The molecule has 0 radical (unpaired) electrons. The van der Waals surface area contributed by atoms with Gasteiger partial charge in [0.15, 0.2) is 0 Å². The molecular formula is C24H27NO4. The van der Waals surface area contributed by atoms with Crippen LogP contribution in [-0.4, -0.2) is 31.6 Å². The molecule has 1 saturated heterocycles. The summed E-state index contributed by atoms with van der Waals surface area (Å²) in [5, 5.41) is 0. The van der Waals surface area contributed by atoms with E-state index in [4.69, 9.17) is 9.47 Å². The minimum atomic E-state index is -0.908. The molecule has 0 saturated carbocycles. The summed E-state index contributed by atoms with van der Waals surface area (Å²) in [7, 11) is 0. The van der Waals surface area contributed by atoms with Gasteiger partial charge in [0.05, 0.1) is 6.61 Å². The summed E-state index contributed by atoms with van der Waals surface area (Å²) < 4.78 is 11.2. The van der Waals surface area contributed by atoms with Gasteiger partial charge in [0.2, 0.25) is 5.91 Å². The topological polar surface area (TPSA) is 55.8 Å². The van der Waals surface area contributed by atoms with Crippen LogP contribution in [0.2, 0.25) is 0 Å². The van der Waals surface area contributed by atoms with Gasteiger partial charge in [-0.05, 0) is 50.3 Å². The summed E-state index contributed by atoms with van der Waals surface area (Å²) in [6.45, 7) is 6.36. The van der Waals surface area contributed by atoms with Crippen molar-refractivity contribution in [3.8, 4) is 0 Å². The van der Waals surface area contributed by atoms with Crippen molar-refractivity contribution >= 4 is 17.6 Å². The Labute approximate surface area is 171 Å². The third-order valence-corrected chi connectivity index (χ3v) is 5.91. The number of allylic oxidation sites excluding steroid dienone is 4. The Morgan fingerprint density at radius 2 is 2.10 bits per heavy atom. The van der Waals surface area contributed by atoms with E-state index in [-0.39, 0.29) is 25.7 Å². The van der Waals surface area contributed by atoms with Crippen LogP contribution in [0.1, 0.15) is 44.6 Å². The van der Waals surface area contributed by atoms with Crippen LogP contribution >= 0.6 is 0 Å². The number of anilines is 1. The summed E-state index contributed by atoms with van der Waals surface area (Å²) in [6, 6.07) is 7.68. The van der Waals surface area contributed by atoms with Gasteiger partial charge in [-0.25, -0.2) is 0 Å². The van der Waals surface area contributed by atoms with Gasteiger partial charge in [-0.15, -0.1) is 0 Å². The molecule has 2 heterocycles. The first kappa shape index (κ1) is 19.5. The molecule has 1 unspecified atom stereocenters. The number of benzene rings is 1. The summed E-state index contributed by atoms with van der Waals surface area (Å²) in [6.07, 6.45) is 9.30. The maximum Gasteiger partial charge on any atom is 0.326 e.